The van der Waals surface area contributed by atoms with Crippen LogP contribution in [0, 0.1) is 0 Å². The van der Waals surface area contributed by atoms with Gasteiger partial charge in [-0.1, -0.05) is 6.07 Å². The van der Waals surface area contributed by atoms with Gasteiger partial charge in [-0.2, -0.15) is 0 Å². The maximum Gasteiger partial charge on any atom is 0.232 e. The lowest BCUT2D eigenvalue weighted by Gasteiger charge is -2.15. The Kier molecular flexibility index (Phi) is 5.09. The molecule has 0 aliphatic carbocycles. The van der Waals surface area contributed by atoms with Gasteiger partial charge in [0.25, 0.3) is 0 Å². The fourth-order valence-electron chi connectivity index (χ4n) is 1.96. The van der Waals surface area contributed by atoms with Crippen molar-refractivity contribution < 1.29 is 9.90 Å². The Morgan fingerprint density at radius 1 is 1.39 bits per heavy atom. The third-order valence-electron chi connectivity index (χ3n) is 2.99. The van der Waals surface area contributed by atoms with E-state index in [1.165, 1.54) is 0 Å². The summed E-state index contributed by atoms with van der Waals surface area (Å²) in [4.78, 5) is 14.9. The molecule has 2 rings (SSSR count). The van der Waals surface area contributed by atoms with E-state index in [4.69, 9.17) is 5.11 Å². The standard InChI is InChI=1S/C13H16BrNO2S/c14-11-7-10(8-16)3-4-12(11)18-9-13(17)15-5-1-2-6-15/h3-4,7,16H,1-2,5-6,8-9H2. The minimum Gasteiger partial charge on any atom is -0.392 e. The van der Waals surface area contributed by atoms with Gasteiger partial charge in [0.1, 0.15) is 0 Å². The van der Waals surface area contributed by atoms with Crippen LogP contribution in [0.2, 0.25) is 0 Å². The number of hydrogen-bond acceptors (Lipinski definition) is 3. The minimum absolute atomic E-state index is 0.0380. The molecule has 1 aromatic rings. The Bertz CT molecular complexity index is 433. The Hall–Kier alpha value is -0.520. The molecule has 1 aliphatic heterocycles. The first-order valence-electron chi connectivity index (χ1n) is 6.00. The van der Waals surface area contributed by atoms with Crippen molar-refractivity contribution in [3.63, 3.8) is 0 Å². The average molecular weight is 330 g/mol. The first kappa shape index (κ1) is 13.9. The van der Waals surface area contributed by atoms with Crippen LogP contribution in [-0.2, 0) is 11.4 Å². The number of halogens is 1. The molecule has 0 aromatic heterocycles. The lowest BCUT2D eigenvalue weighted by atomic mass is 10.2. The molecule has 18 heavy (non-hydrogen) atoms. The number of carbonyl (C=O) groups excluding carboxylic acids is 1. The molecule has 0 spiro atoms. The summed E-state index contributed by atoms with van der Waals surface area (Å²) in [6.07, 6.45) is 2.26. The van der Waals surface area contributed by atoms with Crippen LogP contribution in [0.5, 0.6) is 0 Å². The van der Waals surface area contributed by atoms with E-state index in [1.807, 2.05) is 23.1 Å². The zero-order valence-corrected chi connectivity index (χ0v) is 12.5. The summed E-state index contributed by atoms with van der Waals surface area (Å²) in [5, 5.41) is 9.03. The smallest absolute Gasteiger partial charge is 0.232 e. The Morgan fingerprint density at radius 2 is 2.11 bits per heavy atom. The number of amides is 1. The molecule has 1 amide bonds. The molecule has 1 saturated heterocycles. The fourth-order valence-corrected chi connectivity index (χ4v) is 3.55. The minimum atomic E-state index is 0.0380. The number of likely N-dealkylation sites (tertiary alicyclic amines) is 1. The van der Waals surface area contributed by atoms with Crippen LogP contribution in [-0.4, -0.2) is 34.8 Å². The third-order valence-corrected chi connectivity index (χ3v) is 4.97. The van der Waals surface area contributed by atoms with E-state index >= 15 is 0 Å². The zero-order valence-electron chi connectivity index (χ0n) is 10.1. The molecule has 98 valence electrons. The number of nitrogens with zero attached hydrogens (tertiary/aromatic N) is 1. The average Bonchev–Trinajstić information content (AvgIpc) is 2.90. The highest BCUT2D eigenvalue weighted by Gasteiger charge is 2.18. The number of benzene rings is 1. The van der Waals surface area contributed by atoms with Gasteiger partial charge in [0.05, 0.1) is 12.4 Å². The van der Waals surface area contributed by atoms with E-state index in [2.05, 4.69) is 15.9 Å². The zero-order chi connectivity index (χ0) is 13.0. The number of hydrogen-bond donors (Lipinski definition) is 1. The number of rotatable bonds is 4. The predicted octanol–water partition coefficient (Wildman–Crippen LogP) is 2.66. The van der Waals surface area contributed by atoms with Crippen molar-refractivity contribution in [2.24, 2.45) is 0 Å². The molecule has 1 heterocycles. The SMILES string of the molecule is O=C(CSc1ccc(CO)cc1Br)N1CCCC1. The molecule has 0 saturated carbocycles. The van der Waals surface area contributed by atoms with Gasteiger partial charge in [0.15, 0.2) is 0 Å². The third kappa shape index (κ3) is 3.49. The van der Waals surface area contributed by atoms with Gasteiger partial charge >= 0.3 is 0 Å². The van der Waals surface area contributed by atoms with E-state index in [1.54, 1.807) is 11.8 Å². The molecular weight excluding hydrogens is 314 g/mol. The van der Waals surface area contributed by atoms with Crippen LogP contribution in [0.4, 0.5) is 0 Å². The van der Waals surface area contributed by atoms with Crippen molar-refractivity contribution >= 4 is 33.6 Å². The van der Waals surface area contributed by atoms with Crippen molar-refractivity contribution in [3.8, 4) is 0 Å². The van der Waals surface area contributed by atoms with Gasteiger partial charge in [-0.05, 0) is 46.5 Å². The monoisotopic (exact) mass is 329 g/mol. The van der Waals surface area contributed by atoms with Crippen LogP contribution < -0.4 is 0 Å². The number of aliphatic hydroxyl groups excluding tert-OH is 1. The van der Waals surface area contributed by atoms with Crippen LogP contribution in [0.15, 0.2) is 27.6 Å². The summed E-state index contributed by atoms with van der Waals surface area (Å²) in [7, 11) is 0. The number of carbonyl (C=O) groups is 1. The lowest BCUT2D eigenvalue weighted by molar-refractivity contribution is -0.127. The van der Waals surface area contributed by atoms with Gasteiger partial charge < -0.3 is 10.0 Å². The molecule has 0 radical (unpaired) electrons. The van der Waals surface area contributed by atoms with Gasteiger partial charge in [-0.15, -0.1) is 11.8 Å². The van der Waals surface area contributed by atoms with Crippen molar-refractivity contribution in [2.75, 3.05) is 18.8 Å². The lowest BCUT2D eigenvalue weighted by Crippen LogP contribution is -2.29. The second-order valence-corrected chi connectivity index (χ2v) is 6.17. The highest BCUT2D eigenvalue weighted by Crippen LogP contribution is 2.29. The van der Waals surface area contributed by atoms with Crippen LogP contribution >= 0.6 is 27.7 Å². The topological polar surface area (TPSA) is 40.5 Å². The van der Waals surface area contributed by atoms with Crippen LogP contribution in [0.25, 0.3) is 0 Å². The first-order valence-corrected chi connectivity index (χ1v) is 7.78. The van der Waals surface area contributed by atoms with E-state index in [-0.39, 0.29) is 12.5 Å². The van der Waals surface area contributed by atoms with E-state index in [0.29, 0.717) is 5.75 Å². The molecule has 3 nitrogen and oxygen atoms in total. The van der Waals surface area contributed by atoms with Gasteiger partial charge in [0, 0.05) is 22.5 Å². The highest BCUT2D eigenvalue weighted by atomic mass is 79.9. The molecule has 1 aromatic carbocycles. The fraction of sp³-hybridized carbons (Fsp3) is 0.462. The number of aliphatic hydroxyl groups is 1. The van der Waals surface area contributed by atoms with E-state index in [0.717, 1.165) is 40.9 Å². The molecule has 0 atom stereocenters. The summed E-state index contributed by atoms with van der Waals surface area (Å²) in [6, 6.07) is 5.72. The van der Waals surface area contributed by atoms with Gasteiger partial charge in [-0.3, -0.25) is 4.79 Å². The van der Waals surface area contributed by atoms with Crippen molar-refractivity contribution in [1.82, 2.24) is 4.90 Å². The summed E-state index contributed by atoms with van der Waals surface area (Å²) >= 11 is 5.01. The summed E-state index contributed by atoms with van der Waals surface area (Å²) in [5.74, 6) is 0.701. The number of thioether (sulfide) groups is 1. The highest BCUT2D eigenvalue weighted by molar-refractivity contribution is 9.10. The van der Waals surface area contributed by atoms with E-state index < -0.39 is 0 Å². The van der Waals surface area contributed by atoms with Crippen molar-refractivity contribution in [2.45, 2.75) is 24.3 Å². The Morgan fingerprint density at radius 3 is 2.72 bits per heavy atom. The van der Waals surface area contributed by atoms with Crippen LogP contribution in [0.1, 0.15) is 18.4 Å². The summed E-state index contributed by atoms with van der Waals surface area (Å²) in [6.45, 7) is 1.85. The largest absolute Gasteiger partial charge is 0.392 e. The maximum absolute atomic E-state index is 11.9. The second kappa shape index (κ2) is 6.59. The molecule has 5 heteroatoms. The van der Waals surface area contributed by atoms with Gasteiger partial charge in [-0.25, -0.2) is 0 Å². The quantitative estimate of drug-likeness (QED) is 0.863. The van der Waals surface area contributed by atoms with E-state index in [9.17, 15) is 4.79 Å². The summed E-state index contributed by atoms with van der Waals surface area (Å²) < 4.78 is 0.938. The molecular formula is C13H16BrNO2S. The molecule has 1 fully saturated rings. The van der Waals surface area contributed by atoms with Crippen molar-refractivity contribution in [3.05, 3.63) is 28.2 Å². The first-order chi connectivity index (χ1) is 8.70. The molecule has 1 N–H and O–H groups in total. The maximum atomic E-state index is 11.9. The molecule has 0 bridgehead atoms. The molecule has 1 aliphatic rings. The normalized spacial score (nSPS) is 15.1. The summed E-state index contributed by atoms with van der Waals surface area (Å²) in [5.41, 5.74) is 0.872. The Balaban J connectivity index is 1.91. The van der Waals surface area contributed by atoms with Gasteiger partial charge in [0.2, 0.25) is 5.91 Å². The predicted molar refractivity (Wildman–Crippen MR) is 76.6 cm³/mol. The van der Waals surface area contributed by atoms with Crippen LogP contribution in [0.3, 0.4) is 0 Å². The van der Waals surface area contributed by atoms with Crippen molar-refractivity contribution in [1.29, 1.82) is 0 Å². The second-order valence-electron chi connectivity index (χ2n) is 4.30. The molecule has 0 unspecified atom stereocenters. The Labute approximate surface area is 120 Å².